The minimum absolute atomic E-state index is 0. The molecule has 1 atom stereocenters. The maximum Gasteiger partial charge on any atom is 0.227 e. The lowest BCUT2D eigenvalue weighted by atomic mass is 9.98. The highest BCUT2D eigenvalue weighted by Crippen LogP contribution is 2.28. The number of carbonyl (C=O) groups excluding carboxylic acids is 1. The molecule has 2 N–H and O–H groups in total. The molecule has 1 saturated heterocycles. The van der Waals surface area contributed by atoms with E-state index < -0.39 is 0 Å². The molecule has 1 aromatic heterocycles. The van der Waals surface area contributed by atoms with Crippen LogP contribution in [0.3, 0.4) is 0 Å². The molecule has 1 aliphatic heterocycles. The van der Waals surface area contributed by atoms with Gasteiger partial charge in [0.1, 0.15) is 11.6 Å². The number of halogens is 1. The Morgan fingerprint density at radius 3 is 2.70 bits per heavy atom. The molecular formula is C22H30IN5O2. The van der Waals surface area contributed by atoms with Crippen LogP contribution < -0.4 is 15.4 Å². The Bertz CT molecular complexity index is 857. The number of aliphatic imine (C=N–C) groups is 1. The largest absolute Gasteiger partial charge is 0.497 e. The Hall–Kier alpha value is -2.36. The molecule has 1 fully saturated rings. The van der Waals surface area contributed by atoms with Crippen LogP contribution in [0.25, 0.3) is 0 Å². The van der Waals surface area contributed by atoms with E-state index in [1.807, 2.05) is 31.2 Å². The number of guanidine groups is 1. The summed E-state index contributed by atoms with van der Waals surface area (Å²) in [5.74, 6) is 2.70. The monoisotopic (exact) mass is 523 g/mol. The number of nitrogens with zero attached hydrogens (tertiary/aromatic N) is 3. The van der Waals surface area contributed by atoms with E-state index in [1.165, 1.54) is 5.56 Å². The van der Waals surface area contributed by atoms with E-state index in [4.69, 9.17) is 4.74 Å². The number of hydrogen-bond donors (Lipinski definition) is 2. The molecule has 0 spiro atoms. The second kappa shape index (κ2) is 11.7. The van der Waals surface area contributed by atoms with E-state index in [0.717, 1.165) is 36.9 Å². The molecule has 0 bridgehead atoms. The highest BCUT2D eigenvalue weighted by atomic mass is 127. The van der Waals surface area contributed by atoms with Crippen molar-refractivity contribution in [2.45, 2.75) is 25.7 Å². The highest BCUT2D eigenvalue weighted by Gasteiger charge is 2.26. The average molecular weight is 523 g/mol. The van der Waals surface area contributed by atoms with Gasteiger partial charge in [0.05, 0.1) is 7.11 Å². The van der Waals surface area contributed by atoms with Crippen LogP contribution in [0.15, 0.2) is 47.5 Å². The Balaban J connectivity index is 0.00000320. The van der Waals surface area contributed by atoms with Gasteiger partial charge in [-0.3, -0.25) is 9.79 Å². The molecule has 1 amide bonds. The van der Waals surface area contributed by atoms with Crippen molar-refractivity contribution in [2.75, 3.05) is 39.1 Å². The summed E-state index contributed by atoms with van der Waals surface area (Å²) in [4.78, 5) is 23.1. The molecule has 7 nitrogen and oxygen atoms in total. The van der Waals surface area contributed by atoms with Crippen LogP contribution >= 0.6 is 24.0 Å². The number of methoxy groups -OCH3 is 1. The standard InChI is InChI=1S/C22H29N5O2.HI/c1-16-5-4-6-20(25-16)26-21(28)11-13-24-22(23-2)27-14-12-18(15-27)17-7-9-19(29-3)10-8-17;/h4-10,18H,11-15H2,1-3H3,(H,23,24)(H,25,26,28);1H. The van der Waals surface area contributed by atoms with Gasteiger partial charge in [0.15, 0.2) is 5.96 Å². The Morgan fingerprint density at radius 1 is 1.27 bits per heavy atom. The van der Waals surface area contributed by atoms with E-state index in [1.54, 1.807) is 20.2 Å². The van der Waals surface area contributed by atoms with Crippen LogP contribution in [0.2, 0.25) is 0 Å². The first-order valence-corrected chi connectivity index (χ1v) is 9.92. The van der Waals surface area contributed by atoms with Crippen molar-refractivity contribution < 1.29 is 9.53 Å². The maximum atomic E-state index is 12.1. The van der Waals surface area contributed by atoms with E-state index >= 15 is 0 Å². The van der Waals surface area contributed by atoms with Gasteiger partial charge in [0, 0.05) is 44.7 Å². The van der Waals surface area contributed by atoms with Gasteiger partial charge in [-0.15, -0.1) is 24.0 Å². The fourth-order valence-electron chi connectivity index (χ4n) is 3.54. The number of benzene rings is 1. The zero-order chi connectivity index (χ0) is 20.6. The molecule has 8 heteroatoms. The van der Waals surface area contributed by atoms with Crippen LogP contribution in [-0.4, -0.2) is 55.5 Å². The normalized spacial score (nSPS) is 16.0. The van der Waals surface area contributed by atoms with Gasteiger partial charge in [-0.05, 0) is 43.2 Å². The summed E-state index contributed by atoms with van der Waals surface area (Å²) >= 11 is 0. The fourth-order valence-corrected chi connectivity index (χ4v) is 3.54. The van der Waals surface area contributed by atoms with Gasteiger partial charge < -0.3 is 20.3 Å². The van der Waals surface area contributed by atoms with Crippen molar-refractivity contribution in [1.29, 1.82) is 0 Å². The zero-order valence-electron chi connectivity index (χ0n) is 17.7. The summed E-state index contributed by atoms with van der Waals surface area (Å²) in [5.41, 5.74) is 2.19. The number of ether oxygens (including phenoxy) is 1. The summed E-state index contributed by atoms with van der Waals surface area (Å²) < 4.78 is 5.24. The second-order valence-electron chi connectivity index (χ2n) is 7.14. The van der Waals surface area contributed by atoms with Crippen molar-refractivity contribution >= 4 is 41.7 Å². The van der Waals surface area contributed by atoms with Gasteiger partial charge in [0.25, 0.3) is 0 Å². The van der Waals surface area contributed by atoms with Crippen molar-refractivity contribution in [1.82, 2.24) is 15.2 Å². The molecule has 0 aliphatic carbocycles. The van der Waals surface area contributed by atoms with Crippen LogP contribution in [0.5, 0.6) is 5.75 Å². The topological polar surface area (TPSA) is 78.8 Å². The summed E-state index contributed by atoms with van der Waals surface area (Å²) in [6.07, 6.45) is 1.43. The van der Waals surface area contributed by atoms with Gasteiger partial charge in [-0.25, -0.2) is 4.98 Å². The lowest BCUT2D eigenvalue weighted by Gasteiger charge is -2.21. The number of anilines is 1. The second-order valence-corrected chi connectivity index (χ2v) is 7.14. The SMILES string of the molecule is CN=C(NCCC(=O)Nc1cccc(C)n1)N1CCC(c2ccc(OC)cc2)C1.I. The number of nitrogens with one attached hydrogen (secondary N) is 2. The van der Waals surface area contributed by atoms with Gasteiger partial charge >= 0.3 is 0 Å². The fraction of sp³-hybridized carbons (Fsp3) is 0.409. The minimum Gasteiger partial charge on any atom is -0.497 e. The van der Waals surface area contributed by atoms with Crippen molar-refractivity contribution in [3.8, 4) is 5.75 Å². The molecule has 162 valence electrons. The zero-order valence-corrected chi connectivity index (χ0v) is 20.1. The van der Waals surface area contributed by atoms with E-state index in [9.17, 15) is 4.79 Å². The third-order valence-electron chi connectivity index (χ3n) is 5.08. The van der Waals surface area contributed by atoms with Crippen molar-refractivity contribution in [2.24, 2.45) is 4.99 Å². The lowest BCUT2D eigenvalue weighted by Crippen LogP contribution is -2.41. The molecule has 30 heavy (non-hydrogen) atoms. The minimum atomic E-state index is -0.0661. The highest BCUT2D eigenvalue weighted by molar-refractivity contribution is 14.0. The summed E-state index contributed by atoms with van der Waals surface area (Å²) in [6, 6.07) is 13.8. The number of likely N-dealkylation sites (tertiary alicyclic amines) is 1. The molecular weight excluding hydrogens is 493 g/mol. The van der Waals surface area contributed by atoms with Crippen LogP contribution in [0, 0.1) is 6.92 Å². The summed E-state index contributed by atoms with van der Waals surface area (Å²) in [7, 11) is 3.46. The maximum absolute atomic E-state index is 12.1. The molecule has 0 saturated carbocycles. The number of carbonyl (C=O) groups is 1. The van der Waals surface area contributed by atoms with Crippen molar-refractivity contribution in [3.63, 3.8) is 0 Å². The first-order chi connectivity index (χ1) is 14.1. The van der Waals surface area contributed by atoms with Gasteiger partial charge in [-0.2, -0.15) is 0 Å². The van der Waals surface area contributed by atoms with E-state index in [0.29, 0.717) is 24.7 Å². The summed E-state index contributed by atoms with van der Waals surface area (Å²) in [5, 5.41) is 6.13. The molecule has 1 aromatic carbocycles. The molecule has 2 heterocycles. The quantitative estimate of drug-likeness (QED) is 0.345. The first kappa shape index (κ1) is 23.9. The number of aromatic nitrogens is 1. The number of pyridine rings is 1. The molecule has 1 unspecified atom stereocenters. The molecule has 1 aliphatic rings. The number of hydrogen-bond acceptors (Lipinski definition) is 4. The van der Waals surface area contributed by atoms with Crippen molar-refractivity contribution in [3.05, 3.63) is 53.7 Å². The van der Waals surface area contributed by atoms with Gasteiger partial charge in [-0.1, -0.05) is 18.2 Å². The Morgan fingerprint density at radius 2 is 2.03 bits per heavy atom. The lowest BCUT2D eigenvalue weighted by molar-refractivity contribution is -0.116. The molecule has 0 radical (unpaired) electrons. The molecule has 2 aromatic rings. The van der Waals surface area contributed by atoms with E-state index in [-0.39, 0.29) is 29.9 Å². The van der Waals surface area contributed by atoms with Gasteiger partial charge in [0.2, 0.25) is 5.91 Å². The predicted molar refractivity (Wildman–Crippen MR) is 131 cm³/mol. The van der Waals surface area contributed by atoms with Crippen LogP contribution in [-0.2, 0) is 4.79 Å². The average Bonchev–Trinajstić information content (AvgIpc) is 3.21. The third kappa shape index (κ3) is 6.58. The first-order valence-electron chi connectivity index (χ1n) is 9.92. The van der Waals surface area contributed by atoms with Crippen LogP contribution in [0.1, 0.15) is 30.0 Å². The Kier molecular flexibility index (Phi) is 9.35. The third-order valence-corrected chi connectivity index (χ3v) is 5.08. The van der Waals surface area contributed by atoms with E-state index in [2.05, 4.69) is 37.6 Å². The summed E-state index contributed by atoms with van der Waals surface area (Å²) in [6.45, 7) is 4.27. The number of aryl methyl sites for hydroxylation is 1. The number of rotatable bonds is 6. The predicted octanol–water partition coefficient (Wildman–Crippen LogP) is 3.41. The Labute approximate surface area is 195 Å². The van der Waals surface area contributed by atoms with Crippen LogP contribution in [0.4, 0.5) is 5.82 Å². The smallest absolute Gasteiger partial charge is 0.227 e. The molecule has 3 rings (SSSR count). The number of amides is 1.